The van der Waals surface area contributed by atoms with Crippen molar-refractivity contribution in [2.75, 3.05) is 13.2 Å². The maximum Gasteiger partial charge on any atom is 0.295 e. The van der Waals surface area contributed by atoms with Gasteiger partial charge in [0.1, 0.15) is 17.3 Å². The van der Waals surface area contributed by atoms with Crippen LogP contribution in [0, 0.1) is 5.82 Å². The first-order valence-corrected chi connectivity index (χ1v) is 11.7. The third kappa shape index (κ3) is 5.26. The number of carbonyl (C=O) groups is 2. The first kappa shape index (κ1) is 24.2. The summed E-state index contributed by atoms with van der Waals surface area (Å²) in [5.41, 5.74) is 0.358. The molecule has 0 saturated carbocycles. The number of aromatic nitrogens is 2. The van der Waals surface area contributed by atoms with Gasteiger partial charge in [-0.05, 0) is 31.0 Å². The Hall–Kier alpha value is -3.94. The average Bonchev–Trinajstić information content (AvgIpc) is 3.47. The maximum absolute atomic E-state index is 14.9. The van der Waals surface area contributed by atoms with Crippen molar-refractivity contribution in [3.63, 3.8) is 0 Å². The lowest BCUT2D eigenvalue weighted by molar-refractivity contribution is -0.140. The molecular weight excluding hydrogens is 449 g/mol. The number of aryl methyl sites for hydroxylation is 1. The predicted molar refractivity (Wildman–Crippen MR) is 129 cm³/mol. The van der Waals surface area contributed by atoms with Gasteiger partial charge in [0.15, 0.2) is 0 Å². The molecule has 1 aromatic heterocycles. The van der Waals surface area contributed by atoms with Crippen LogP contribution < -0.4 is 4.74 Å². The zero-order valence-electron chi connectivity index (χ0n) is 19.6. The van der Waals surface area contributed by atoms with E-state index in [0.717, 1.165) is 12.8 Å². The zero-order chi connectivity index (χ0) is 24.8. The van der Waals surface area contributed by atoms with Gasteiger partial charge in [-0.3, -0.25) is 9.59 Å². The number of Topliss-reactive ketones (excluding diaryl/α,β-unsaturated/α-hetero) is 1. The summed E-state index contributed by atoms with van der Waals surface area (Å²) in [7, 11) is 0. The van der Waals surface area contributed by atoms with Gasteiger partial charge in [-0.25, -0.2) is 9.37 Å². The van der Waals surface area contributed by atoms with Crippen molar-refractivity contribution in [1.29, 1.82) is 0 Å². The molecule has 35 heavy (non-hydrogen) atoms. The Labute approximate surface area is 203 Å². The molecule has 182 valence electrons. The highest BCUT2D eigenvalue weighted by Gasteiger charge is 2.46. The van der Waals surface area contributed by atoms with Crippen LogP contribution in [-0.2, 0) is 16.1 Å². The fourth-order valence-electron chi connectivity index (χ4n) is 4.20. The van der Waals surface area contributed by atoms with E-state index in [0.29, 0.717) is 30.9 Å². The molecule has 1 unspecified atom stereocenters. The number of unbranched alkanes of at least 4 members (excludes halogenated alkanes) is 1. The van der Waals surface area contributed by atoms with E-state index in [-0.39, 0.29) is 23.4 Å². The van der Waals surface area contributed by atoms with E-state index >= 15 is 0 Å². The topological polar surface area (TPSA) is 84.7 Å². The Kier molecular flexibility index (Phi) is 7.60. The number of imidazole rings is 1. The van der Waals surface area contributed by atoms with Crippen molar-refractivity contribution in [1.82, 2.24) is 14.5 Å². The largest absolute Gasteiger partial charge is 0.507 e. The lowest BCUT2D eigenvalue weighted by atomic mass is 9.95. The van der Waals surface area contributed by atoms with Crippen LogP contribution in [0.2, 0.25) is 0 Å². The first-order valence-electron chi connectivity index (χ1n) is 11.7. The number of rotatable bonds is 10. The van der Waals surface area contributed by atoms with Gasteiger partial charge >= 0.3 is 0 Å². The molecule has 0 aliphatic carbocycles. The van der Waals surface area contributed by atoms with E-state index in [9.17, 15) is 19.1 Å². The Morgan fingerprint density at radius 3 is 2.69 bits per heavy atom. The molecule has 1 fully saturated rings. The quantitative estimate of drug-likeness (QED) is 0.198. The van der Waals surface area contributed by atoms with E-state index in [4.69, 9.17) is 4.74 Å². The normalized spacial score (nSPS) is 17.2. The molecular formula is C27H28FN3O4. The number of halogens is 1. The van der Waals surface area contributed by atoms with Crippen LogP contribution in [0.4, 0.5) is 4.39 Å². The first-order chi connectivity index (χ1) is 17.0. The molecule has 1 aliphatic rings. The molecule has 0 bridgehead atoms. The summed E-state index contributed by atoms with van der Waals surface area (Å²) < 4.78 is 22.5. The predicted octanol–water partition coefficient (Wildman–Crippen LogP) is 4.71. The van der Waals surface area contributed by atoms with Crippen molar-refractivity contribution < 1.29 is 23.8 Å². The molecule has 1 aliphatic heterocycles. The SMILES string of the molecule is CCCCOc1cccc(C(O)=C2C(=O)C(=O)N(CCCn3ccnc3)C2c2ccccc2F)c1. The van der Waals surface area contributed by atoms with E-state index in [2.05, 4.69) is 11.9 Å². The average molecular weight is 478 g/mol. The van der Waals surface area contributed by atoms with Crippen LogP contribution >= 0.6 is 0 Å². The highest BCUT2D eigenvalue weighted by molar-refractivity contribution is 6.46. The van der Waals surface area contributed by atoms with Crippen LogP contribution in [0.1, 0.15) is 43.4 Å². The molecule has 3 aromatic rings. The molecule has 8 heteroatoms. The second-order valence-electron chi connectivity index (χ2n) is 8.40. The molecule has 1 saturated heterocycles. The minimum absolute atomic E-state index is 0.131. The Bertz CT molecular complexity index is 1220. The summed E-state index contributed by atoms with van der Waals surface area (Å²) in [6, 6.07) is 11.7. The molecule has 4 rings (SSSR count). The third-order valence-electron chi connectivity index (χ3n) is 5.99. The van der Waals surface area contributed by atoms with Gasteiger partial charge in [-0.15, -0.1) is 0 Å². The standard InChI is InChI=1S/C27H28FN3O4/c1-2-3-16-35-20-9-6-8-19(17-20)25(32)23-24(21-10-4-5-11-22(21)28)31(27(34)26(23)33)14-7-13-30-15-12-29-18-30/h4-6,8-12,15,17-18,24,32H,2-3,7,13-14,16H2,1H3. The number of benzene rings is 2. The van der Waals surface area contributed by atoms with Crippen molar-refractivity contribution in [3.8, 4) is 5.75 Å². The molecule has 0 radical (unpaired) electrons. The lowest BCUT2D eigenvalue weighted by Gasteiger charge is -2.25. The highest BCUT2D eigenvalue weighted by atomic mass is 19.1. The number of ether oxygens (including phenoxy) is 1. The van der Waals surface area contributed by atoms with Gasteiger partial charge in [0.2, 0.25) is 0 Å². The van der Waals surface area contributed by atoms with E-state index in [1.54, 1.807) is 55.1 Å². The Balaban J connectivity index is 1.70. The van der Waals surface area contributed by atoms with Crippen LogP contribution in [-0.4, -0.2) is 44.4 Å². The summed E-state index contributed by atoms with van der Waals surface area (Å²) in [5.74, 6) is -1.97. The van der Waals surface area contributed by atoms with Gasteiger partial charge < -0.3 is 19.3 Å². The number of aliphatic hydroxyl groups excluding tert-OH is 1. The highest BCUT2D eigenvalue weighted by Crippen LogP contribution is 2.40. The van der Waals surface area contributed by atoms with Gasteiger partial charge in [-0.2, -0.15) is 0 Å². The summed E-state index contributed by atoms with van der Waals surface area (Å²) >= 11 is 0. The van der Waals surface area contributed by atoms with Gasteiger partial charge in [0.05, 0.1) is 24.5 Å². The minimum atomic E-state index is -1.04. The van der Waals surface area contributed by atoms with Crippen molar-refractivity contribution in [3.05, 3.63) is 89.8 Å². The molecule has 1 N–H and O–H groups in total. The fraction of sp³-hybridized carbons (Fsp3) is 0.296. The summed E-state index contributed by atoms with van der Waals surface area (Å²) in [5, 5.41) is 11.2. The van der Waals surface area contributed by atoms with Crippen molar-refractivity contribution in [2.45, 2.75) is 38.8 Å². The summed E-state index contributed by atoms with van der Waals surface area (Å²) in [6.07, 6.45) is 7.51. The molecule has 2 aromatic carbocycles. The maximum atomic E-state index is 14.9. The third-order valence-corrected chi connectivity index (χ3v) is 5.99. The van der Waals surface area contributed by atoms with Crippen LogP contribution in [0.25, 0.3) is 5.76 Å². The van der Waals surface area contributed by atoms with Crippen molar-refractivity contribution in [2.24, 2.45) is 0 Å². The lowest BCUT2D eigenvalue weighted by Crippen LogP contribution is -2.31. The smallest absolute Gasteiger partial charge is 0.295 e. The molecule has 0 spiro atoms. The van der Waals surface area contributed by atoms with Gasteiger partial charge in [0.25, 0.3) is 11.7 Å². The summed E-state index contributed by atoms with van der Waals surface area (Å²) in [6.45, 7) is 3.36. The van der Waals surface area contributed by atoms with Crippen molar-refractivity contribution >= 4 is 17.4 Å². The molecule has 1 atom stereocenters. The number of hydrogen-bond donors (Lipinski definition) is 1. The number of hydrogen-bond acceptors (Lipinski definition) is 5. The number of nitrogens with zero attached hydrogens (tertiary/aromatic N) is 3. The van der Waals surface area contributed by atoms with Crippen LogP contribution in [0.15, 0.2) is 72.8 Å². The minimum Gasteiger partial charge on any atom is -0.507 e. The molecule has 1 amide bonds. The second kappa shape index (κ2) is 11.0. The van der Waals surface area contributed by atoms with Crippen LogP contribution in [0.3, 0.4) is 0 Å². The van der Waals surface area contributed by atoms with Crippen LogP contribution in [0.5, 0.6) is 5.75 Å². The van der Waals surface area contributed by atoms with Gasteiger partial charge in [-0.1, -0.05) is 43.7 Å². The Morgan fingerprint density at radius 2 is 1.94 bits per heavy atom. The summed E-state index contributed by atoms with van der Waals surface area (Å²) in [4.78, 5) is 31.5. The molecule has 2 heterocycles. The number of likely N-dealkylation sites (tertiary alicyclic amines) is 1. The molecule has 7 nitrogen and oxygen atoms in total. The van der Waals surface area contributed by atoms with E-state index < -0.39 is 23.5 Å². The number of amides is 1. The number of aliphatic hydroxyl groups is 1. The number of ketones is 1. The van der Waals surface area contributed by atoms with E-state index in [1.165, 1.54) is 17.0 Å². The Morgan fingerprint density at radius 1 is 1.11 bits per heavy atom. The number of carbonyl (C=O) groups excluding carboxylic acids is 2. The zero-order valence-corrected chi connectivity index (χ0v) is 19.6. The monoisotopic (exact) mass is 477 g/mol. The van der Waals surface area contributed by atoms with E-state index in [1.807, 2.05) is 4.57 Å². The fourth-order valence-corrected chi connectivity index (χ4v) is 4.20. The second-order valence-corrected chi connectivity index (χ2v) is 8.40. The van der Waals surface area contributed by atoms with Gasteiger partial charge in [0, 0.05) is 36.6 Å².